The van der Waals surface area contributed by atoms with E-state index in [1.165, 1.54) is 11.1 Å². The van der Waals surface area contributed by atoms with Gasteiger partial charge < -0.3 is 19.4 Å². The Bertz CT molecular complexity index is 1270. The first-order chi connectivity index (χ1) is 17.0. The van der Waals surface area contributed by atoms with Crippen molar-refractivity contribution in [1.82, 2.24) is 10.2 Å². The Morgan fingerprint density at radius 3 is 2.69 bits per heavy atom. The minimum atomic E-state index is -0.172. The van der Waals surface area contributed by atoms with E-state index in [2.05, 4.69) is 53.5 Å². The lowest BCUT2D eigenvalue weighted by Crippen LogP contribution is -2.41. The highest BCUT2D eigenvalue weighted by molar-refractivity contribution is 5.91. The van der Waals surface area contributed by atoms with Crippen molar-refractivity contribution in [1.29, 1.82) is 0 Å². The van der Waals surface area contributed by atoms with Crippen molar-refractivity contribution in [2.45, 2.75) is 57.7 Å². The van der Waals surface area contributed by atoms with Crippen LogP contribution in [0.25, 0.3) is 0 Å². The highest BCUT2D eigenvalue weighted by Gasteiger charge is 2.39. The number of amides is 2. The summed E-state index contributed by atoms with van der Waals surface area (Å²) in [7, 11) is 0. The van der Waals surface area contributed by atoms with E-state index >= 15 is 0 Å². The van der Waals surface area contributed by atoms with Crippen LogP contribution in [-0.4, -0.2) is 29.3 Å². The molecule has 0 spiro atoms. The Balaban J connectivity index is 1.24. The van der Waals surface area contributed by atoms with Gasteiger partial charge in [0.2, 0.25) is 5.91 Å². The van der Waals surface area contributed by atoms with Crippen LogP contribution in [0, 0.1) is 12.8 Å². The number of nitrogens with one attached hydrogen (secondary N) is 1. The molecule has 1 atom stereocenters. The van der Waals surface area contributed by atoms with Crippen LogP contribution in [0.3, 0.4) is 0 Å². The quantitative estimate of drug-likeness (QED) is 0.531. The van der Waals surface area contributed by atoms with Gasteiger partial charge in [-0.3, -0.25) is 9.59 Å². The molecule has 6 rings (SSSR count). The Morgan fingerprint density at radius 2 is 1.91 bits per heavy atom. The predicted molar refractivity (Wildman–Crippen MR) is 131 cm³/mol. The molecule has 0 bridgehead atoms. The maximum Gasteiger partial charge on any atom is 0.287 e. The van der Waals surface area contributed by atoms with Crippen molar-refractivity contribution in [3.05, 3.63) is 88.4 Å². The van der Waals surface area contributed by atoms with Crippen LogP contribution in [0.4, 0.5) is 0 Å². The molecule has 6 nitrogen and oxygen atoms in total. The average Bonchev–Trinajstić information content (AvgIpc) is 3.80. The second-order valence-corrected chi connectivity index (χ2v) is 10.0. The summed E-state index contributed by atoms with van der Waals surface area (Å²) in [5, 5.41) is 2.94. The highest BCUT2D eigenvalue weighted by Crippen LogP contribution is 2.41. The molecule has 2 fully saturated rings. The summed E-state index contributed by atoms with van der Waals surface area (Å²) in [6, 6.07) is 18.3. The van der Waals surface area contributed by atoms with E-state index < -0.39 is 0 Å². The number of furan rings is 1. The van der Waals surface area contributed by atoms with E-state index in [0.29, 0.717) is 11.5 Å². The molecule has 3 aromatic rings. The van der Waals surface area contributed by atoms with Gasteiger partial charge in [-0.1, -0.05) is 35.9 Å². The summed E-state index contributed by atoms with van der Waals surface area (Å²) in [6.45, 7) is 3.05. The van der Waals surface area contributed by atoms with Crippen LogP contribution in [0.2, 0.25) is 0 Å². The topological polar surface area (TPSA) is 71.8 Å². The van der Waals surface area contributed by atoms with E-state index in [-0.39, 0.29) is 36.4 Å². The summed E-state index contributed by atoms with van der Waals surface area (Å²) < 4.78 is 11.8. The number of carbonyl (C=O) groups excluding carboxylic acids is 2. The smallest absolute Gasteiger partial charge is 0.287 e. The minimum Gasteiger partial charge on any atom is -0.486 e. The normalized spacial score (nSPS) is 19.2. The average molecular weight is 471 g/mol. The van der Waals surface area contributed by atoms with Gasteiger partial charge in [-0.05, 0) is 80.0 Å². The number of aryl methyl sites for hydroxylation is 1. The number of hydrogen-bond acceptors (Lipinski definition) is 4. The molecule has 35 heavy (non-hydrogen) atoms. The fraction of sp³-hybridized carbons (Fsp3) is 0.379. The molecule has 0 radical (unpaired) electrons. The monoisotopic (exact) mass is 470 g/mol. The van der Waals surface area contributed by atoms with E-state index in [4.69, 9.17) is 9.15 Å². The number of ether oxygens (including phenoxy) is 1. The maximum absolute atomic E-state index is 13.2. The lowest BCUT2D eigenvalue weighted by Gasteiger charge is -2.38. The number of benzene rings is 2. The Kier molecular flexibility index (Phi) is 5.59. The van der Waals surface area contributed by atoms with Crippen LogP contribution in [0.15, 0.2) is 59.0 Å². The summed E-state index contributed by atoms with van der Waals surface area (Å²) in [5.74, 6) is 1.91. The van der Waals surface area contributed by atoms with Crippen molar-refractivity contribution in [2.75, 3.05) is 6.54 Å². The fourth-order valence-corrected chi connectivity index (χ4v) is 4.90. The van der Waals surface area contributed by atoms with Gasteiger partial charge in [-0.2, -0.15) is 0 Å². The van der Waals surface area contributed by atoms with Crippen molar-refractivity contribution in [3.63, 3.8) is 0 Å². The number of nitrogens with zero attached hydrogens (tertiary/aromatic N) is 1. The molecule has 3 aliphatic rings. The van der Waals surface area contributed by atoms with Crippen LogP contribution in [0.1, 0.15) is 70.3 Å². The van der Waals surface area contributed by atoms with Crippen molar-refractivity contribution < 1.29 is 18.7 Å². The molecule has 2 heterocycles. The summed E-state index contributed by atoms with van der Waals surface area (Å²) in [4.78, 5) is 27.5. The molecule has 1 aromatic heterocycles. The van der Waals surface area contributed by atoms with Gasteiger partial charge in [0, 0.05) is 18.5 Å². The van der Waals surface area contributed by atoms with E-state index in [1.807, 2.05) is 6.07 Å². The third kappa shape index (κ3) is 4.70. The molecule has 180 valence electrons. The first kappa shape index (κ1) is 22.0. The summed E-state index contributed by atoms with van der Waals surface area (Å²) in [5.41, 5.74) is 4.69. The Morgan fingerprint density at radius 1 is 1.06 bits per heavy atom. The van der Waals surface area contributed by atoms with Gasteiger partial charge >= 0.3 is 0 Å². The van der Waals surface area contributed by atoms with Gasteiger partial charge in [0.25, 0.3) is 5.91 Å². The molecule has 0 saturated heterocycles. The number of rotatable bonds is 7. The van der Waals surface area contributed by atoms with E-state index in [9.17, 15) is 9.59 Å². The maximum atomic E-state index is 13.2. The van der Waals surface area contributed by atoms with Crippen molar-refractivity contribution >= 4 is 11.8 Å². The molecule has 0 unspecified atom stereocenters. The zero-order chi connectivity index (χ0) is 23.9. The van der Waals surface area contributed by atoms with Crippen LogP contribution >= 0.6 is 0 Å². The lowest BCUT2D eigenvalue weighted by molar-refractivity contribution is -0.134. The molecule has 2 aliphatic carbocycles. The van der Waals surface area contributed by atoms with Crippen molar-refractivity contribution in [3.8, 4) is 5.75 Å². The molecular weight excluding hydrogens is 440 g/mol. The Labute approximate surface area is 205 Å². The molecule has 2 aromatic carbocycles. The lowest BCUT2D eigenvalue weighted by atomic mass is 9.87. The zero-order valence-corrected chi connectivity index (χ0v) is 20.0. The summed E-state index contributed by atoms with van der Waals surface area (Å²) in [6.07, 6.45) is 4.90. The minimum absolute atomic E-state index is 0.114. The molecular formula is C29H30N2O4. The van der Waals surface area contributed by atoms with Gasteiger partial charge in [-0.15, -0.1) is 0 Å². The predicted octanol–water partition coefficient (Wildman–Crippen LogP) is 4.94. The number of carbonyl (C=O) groups is 2. The molecule has 2 saturated carbocycles. The van der Waals surface area contributed by atoms with Gasteiger partial charge in [0.05, 0.1) is 6.04 Å². The molecule has 1 N–H and O–H groups in total. The largest absolute Gasteiger partial charge is 0.486 e. The second-order valence-electron chi connectivity index (χ2n) is 10.0. The second kappa shape index (κ2) is 8.91. The highest BCUT2D eigenvalue weighted by atomic mass is 16.5. The first-order valence-electron chi connectivity index (χ1n) is 12.6. The number of fused-ring (bicyclic) bond motifs is 1. The zero-order valence-electron chi connectivity index (χ0n) is 20.0. The summed E-state index contributed by atoms with van der Waals surface area (Å²) >= 11 is 0. The SMILES string of the molecule is Cc1cccc([C@H]2c3cc(OCc4ccc(C(=O)NC5CC5)o4)ccc3CCN2C(=O)C2CC2)c1. The van der Waals surface area contributed by atoms with E-state index in [0.717, 1.165) is 55.5 Å². The van der Waals surface area contributed by atoms with Crippen LogP contribution in [0.5, 0.6) is 5.75 Å². The van der Waals surface area contributed by atoms with Crippen molar-refractivity contribution in [2.24, 2.45) is 5.92 Å². The van der Waals surface area contributed by atoms with Gasteiger partial charge in [0.15, 0.2) is 5.76 Å². The Hall–Kier alpha value is -3.54. The first-order valence-corrected chi connectivity index (χ1v) is 12.6. The van der Waals surface area contributed by atoms with Crippen LogP contribution < -0.4 is 10.1 Å². The molecule has 1 aliphatic heterocycles. The van der Waals surface area contributed by atoms with E-state index in [1.54, 1.807) is 12.1 Å². The van der Waals surface area contributed by atoms with Gasteiger partial charge in [-0.25, -0.2) is 0 Å². The standard InChI is InChI=1S/C29H30N2O4/c1-18-3-2-4-21(15-18)27-25-16-23(10-7-19(25)13-14-31(27)29(33)20-5-6-20)34-17-24-11-12-26(35-24)28(32)30-22-8-9-22/h2-4,7,10-12,15-16,20,22,27H,5-6,8-9,13-14,17H2,1H3,(H,30,32)/t27-/m0/s1. The third-order valence-electron chi connectivity index (χ3n) is 7.09. The number of hydrogen-bond donors (Lipinski definition) is 1. The van der Waals surface area contributed by atoms with Crippen LogP contribution in [-0.2, 0) is 17.8 Å². The molecule has 6 heteroatoms. The fourth-order valence-electron chi connectivity index (χ4n) is 4.90. The van der Waals surface area contributed by atoms with Gasteiger partial charge in [0.1, 0.15) is 18.1 Å². The third-order valence-corrected chi connectivity index (χ3v) is 7.09. The molecule has 2 amide bonds.